The van der Waals surface area contributed by atoms with Crippen molar-refractivity contribution in [2.45, 2.75) is 37.6 Å². The Morgan fingerprint density at radius 2 is 2.05 bits per heavy atom. The molecule has 0 aliphatic heterocycles. The Bertz CT molecular complexity index is 722. The highest BCUT2D eigenvalue weighted by Crippen LogP contribution is 2.38. The van der Waals surface area contributed by atoms with Crippen LogP contribution in [0.25, 0.3) is 11.0 Å². The lowest BCUT2D eigenvalue weighted by atomic mass is 9.92. The van der Waals surface area contributed by atoms with Crippen LogP contribution in [0.2, 0.25) is 0 Å². The molecule has 0 aromatic carbocycles. The van der Waals surface area contributed by atoms with Crippen LogP contribution in [-0.4, -0.2) is 25.7 Å². The molecule has 102 valence electrons. The maximum atomic E-state index is 13.2. The molecule has 2 aromatic heterocycles. The van der Waals surface area contributed by atoms with E-state index in [9.17, 15) is 13.6 Å². The monoisotopic (exact) mass is 286 g/mol. The number of alkyl halides is 2. The lowest BCUT2D eigenvalue weighted by molar-refractivity contribution is -0.0446. The molecule has 3 rings (SSSR count). The van der Waals surface area contributed by atoms with Crippen molar-refractivity contribution in [3.05, 3.63) is 21.3 Å². The van der Waals surface area contributed by atoms with Crippen molar-refractivity contribution in [1.82, 2.24) is 19.7 Å². The summed E-state index contributed by atoms with van der Waals surface area (Å²) >= 11 is 4.92. The summed E-state index contributed by atoms with van der Waals surface area (Å²) in [6.45, 7) is 0. The number of rotatable bonds is 1. The van der Waals surface area contributed by atoms with E-state index >= 15 is 0 Å². The van der Waals surface area contributed by atoms with E-state index in [1.54, 1.807) is 4.68 Å². The van der Waals surface area contributed by atoms with E-state index in [-0.39, 0.29) is 29.2 Å². The molecule has 0 atom stereocenters. The number of hydrogen-bond acceptors (Lipinski definition) is 3. The van der Waals surface area contributed by atoms with Gasteiger partial charge < -0.3 is 4.98 Å². The number of aromatic amines is 2. The minimum absolute atomic E-state index is 0.121. The van der Waals surface area contributed by atoms with Crippen LogP contribution in [0.1, 0.15) is 31.7 Å². The fourth-order valence-corrected chi connectivity index (χ4v) is 2.70. The van der Waals surface area contributed by atoms with Gasteiger partial charge in [-0.25, -0.2) is 13.5 Å². The van der Waals surface area contributed by atoms with E-state index in [0.29, 0.717) is 23.9 Å². The van der Waals surface area contributed by atoms with Gasteiger partial charge in [-0.05, 0) is 25.1 Å². The van der Waals surface area contributed by atoms with Crippen LogP contribution in [0, 0.1) is 4.77 Å². The summed E-state index contributed by atoms with van der Waals surface area (Å²) < 4.78 is 28.1. The Kier molecular flexibility index (Phi) is 2.77. The van der Waals surface area contributed by atoms with Crippen LogP contribution in [0.15, 0.2) is 11.0 Å². The summed E-state index contributed by atoms with van der Waals surface area (Å²) in [6, 6.07) is -0.121. The maximum Gasteiger partial charge on any atom is 0.262 e. The Labute approximate surface area is 111 Å². The smallest absolute Gasteiger partial charge is 0.262 e. The van der Waals surface area contributed by atoms with Gasteiger partial charge in [0.2, 0.25) is 5.92 Å². The molecule has 2 heterocycles. The molecule has 2 aromatic rings. The van der Waals surface area contributed by atoms with E-state index < -0.39 is 5.92 Å². The molecule has 1 aliphatic rings. The number of hydrogen-bond donors (Lipinski definition) is 2. The molecule has 2 N–H and O–H groups in total. The molecule has 8 heteroatoms. The van der Waals surface area contributed by atoms with Crippen LogP contribution < -0.4 is 5.56 Å². The lowest BCUT2D eigenvalue weighted by Crippen LogP contribution is -2.27. The van der Waals surface area contributed by atoms with Crippen molar-refractivity contribution in [3.63, 3.8) is 0 Å². The Balaban J connectivity index is 2.03. The molecule has 1 saturated carbocycles. The standard InChI is InChI=1S/C11H12F2N4OS/c12-11(13)3-1-6(2-4-11)17-8-7(5-14-17)9(18)16-10(19)15-8/h5-6H,1-4H2,(H2,15,16,18,19). The molecule has 0 bridgehead atoms. The molecule has 0 unspecified atom stereocenters. The molecule has 1 fully saturated rings. The molecule has 1 aliphatic carbocycles. The van der Waals surface area contributed by atoms with Crippen molar-refractivity contribution in [3.8, 4) is 0 Å². The highest BCUT2D eigenvalue weighted by atomic mass is 32.1. The topological polar surface area (TPSA) is 66.5 Å². The first-order valence-corrected chi connectivity index (χ1v) is 6.45. The predicted octanol–water partition coefficient (Wildman–Crippen LogP) is 2.53. The van der Waals surface area contributed by atoms with Gasteiger partial charge in [0, 0.05) is 12.8 Å². The molecule has 0 spiro atoms. The third kappa shape index (κ3) is 2.20. The second kappa shape index (κ2) is 4.22. The first-order chi connectivity index (χ1) is 8.96. The van der Waals surface area contributed by atoms with E-state index in [1.165, 1.54) is 6.20 Å². The lowest BCUT2D eigenvalue weighted by Gasteiger charge is -2.28. The highest BCUT2D eigenvalue weighted by Gasteiger charge is 2.36. The second-order valence-corrected chi connectivity index (χ2v) is 5.26. The number of fused-ring (bicyclic) bond motifs is 1. The fraction of sp³-hybridized carbons (Fsp3) is 0.545. The van der Waals surface area contributed by atoms with Crippen molar-refractivity contribution >= 4 is 23.3 Å². The summed E-state index contributed by atoms with van der Waals surface area (Å²) in [5, 5.41) is 4.54. The zero-order chi connectivity index (χ0) is 13.6. The number of nitrogens with one attached hydrogen (secondary N) is 2. The summed E-state index contributed by atoms with van der Waals surface area (Å²) in [7, 11) is 0. The molecule has 0 amide bonds. The van der Waals surface area contributed by atoms with Gasteiger partial charge in [0.05, 0.1) is 12.2 Å². The van der Waals surface area contributed by atoms with Gasteiger partial charge in [-0.2, -0.15) is 5.10 Å². The molecule has 0 radical (unpaired) electrons. The fourth-order valence-electron chi connectivity index (χ4n) is 2.51. The zero-order valence-electron chi connectivity index (χ0n) is 9.95. The molecule has 0 saturated heterocycles. The number of halogens is 2. The molecule has 19 heavy (non-hydrogen) atoms. The Morgan fingerprint density at radius 3 is 2.74 bits per heavy atom. The third-order valence-corrected chi connectivity index (χ3v) is 3.74. The normalized spacial score (nSPS) is 19.9. The number of H-pyrrole nitrogens is 2. The third-order valence-electron chi connectivity index (χ3n) is 3.53. The van der Waals surface area contributed by atoms with Crippen LogP contribution >= 0.6 is 12.2 Å². The maximum absolute atomic E-state index is 13.2. The van der Waals surface area contributed by atoms with E-state index in [0.717, 1.165) is 0 Å². The van der Waals surface area contributed by atoms with Gasteiger partial charge >= 0.3 is 0 Å². The van der Waals surface area contributed by atoms with Gasteiger partial charge in [0.25, 0.3) is 5.56 Å². The number of nitrogens with zero attached hydrogens (tertiary/aromatic N) is 2. The average molecular weight is 286 g/mol. The molecule has 5 nitrogen and oxygen atoms in total. The van der Waals surface area contributed by atoms with E-state index in [2.05, 4.69) is 15.1 Å². The van der Waals surface area contributed by atoms with E-state index in [1.807, 2.05) is 0 Å². The molecular weight excluding hydrogens is 274 g/mol. The van der Waals surface area contributed by atoms with Gasteiger partial charge in [-0.15, -0.1) is 0 Å². The Hall–Kier alpha value is -1.57. The largest absolute Gasteiger partial charge is 0.317 e. The van der Waals surface area contributed by atoms with E-state index in [4.69, 9.17) is 12.2 Å². The van der Waals surface area contributed by atoms with Crippen LogP contribution in [-0.2, 0) is 0 Å². The van der Waals surface area contributed by atoms with Crippen LogP contribution in [0.4, 0.5) is 8.78 Å². The Morgan fingerprint density at radius 1 is 1.37 bits per heavy atom. The minimum Gasteiger partial charge on any atom is -0.317 e. The van der Waals surface area contributed by atoms with Crippen molar-refractivity contribution in [2.24, 2.45) is 0 Å². The first-order valence-electron chi connectivity index (χ1n) is 6.04. The minimum atomic E-state index is -2.58. The summed E-state index contributed by atoms with van der Waals surface area (Å²) in [6.07, 6.45) is 1.83. The van der Waals surface area contributed by atoms with Gasteiger partial charge in [0.15, 0.2) is 4.77 Å². The quantitative estimate of drug-likeness (QED) is 0.792. The van der Waals surface area contributed by atoms with Gasteiger partial charge in [-0.3, -0.25) is 9.78 Å². The summed E-state index contributed by atoms with van der Waals surface area (Å²) in [4.78, 5) is 17.0. The van der Waals surface area contributed by atoms with Gasteiger partial charge in [-0.1, -0.05) is 0 Å². The van der Waals surface area contributed by atoms with Gasteiger partial charge in [0.1, 0.15) is 11.0 Å². The predicted molar refractivity (Wildman–Crippen MR) is 68.0 cm³/mol. The average Bonchev–Trinajstić information content (AvgIpc) is 2.73. The first kappa shape index (κ1) is 12.5. The van der Waals surface area contributed by atoms with Crippen molar-refractivity contribution in [2.75, 3.05) is 0 Å². The van der Waals surface area contributed by atoms with Crippen LogP contribution in [0.5, 0.6) is 0 Å². The highest BCUT2D eigenvalue weighted by molar-refractivity contribution is 7.71. The summed E-state index contributed by atoms with van der Waals surface area (Å²) in [5.74, 6) is -2.58. The number of aromatic nitrogens is 4. The molecular formula is C11H12F2N4OS. The second-order valence-electron chi connectivity index (χ2n) is 4.85. The zero-order valence-corrected chi connectivity index (χ0v) is 10.8. The SMILES string of the molecule is O=c1[nH]c(=S)[nH]c2c1cnn2C1CCC(F)(F)CC1. The van der Waals surface area contributed by atoms with Crippen molar-refractivity contribution in [1.29, 1.82) is 0 Å². The van der Waals surface area contributed by atoms with Crippen molar-refractivity contribution < 1.29 is 8.78 Å². The summed E-state index contributed by atoms with van der Waals surface area (Å²) in [5.41, 5.74) is 0.190. The van der Waals surface area contributed by atoms with Crippen LogP contribution in [0.3, 0.4) is 0 Å².